The quantitative estimate of drug-likeness (QED) is 0.240. The first kappa shape index (κ1) is 21.5. The van der Waals surface area contributed by atoms with Crippen LogP contribution in [0.5, 0.6) is 0 Å². The minimum Gasteiger partial charge on any atom is -0.248 e. The number of hydrogen-bond acceptors (Lipinski definition) is 0. The summed E-state index contributed by atoms with van der Waals surface area (Å²) in [5.74, 6) is 0. The van der Waals surface area contributed by atoms with Crippen LogP contribution in [0.2, 0.25) is 0 Å². The summed E-state index contributed by atoms with van der Waals surface area (Å²) in [7, 11) is 0. The molecule has 0 aliphatic carbocycles. The van der Waals surface area contributed by atoms with Crippen LogP contribution in [0.3, 0.4) is 0 Å². The third kappa shape index (κ3) is 4.07. The Hall–Kier alpha value is -1.17. The fourth-order valence-electron chi connectivity index (χ4n) is 3.44. The van der Waals surface area contributed by atoms with Crippen molar-refractivity contribution in [3.05, 3.63) is 109 Å². The Balaban J connectivity index is 0.00000112. The molecule has 2 radical (unpaired) electrons. The molecule has 0 atom stereocenters. The molecule has 0 unspecified atom stereocenters. The molecule has 0 N–H and O–H groups in total. The summed E-state index contributed by atoms with van der Waals surface area (Å²) in [6.45, 7) is 0. The number of hydrogen-bond donors (Lipinski definition) is 0. The van der Waals surface area contributed by atoms with Crippen molar-refractivity contribution in [3.8, 4) is 22.3 Å². The Bertz CT molecular complexity index is 1240. The Morgan fingerprint density at radius 3 is 1.96 bits per heavy atom. The van der Waals surface area contributed by atoms with E-state index in [1.54, 1.807) is 0 Å². The molecule has 2 heteroatoms. The largest absolute Gasteiger partial charge is 0.248 e. The summed E-state index contributed by atoms with van der Waals surface area (Å²) < 4.78 is 0. The SMILES string of the molecule is [Y].[Y].[c-]1cc2ccccc2cc1-c1[c-]cc[c-]c1-c1[c-]ccc2ccccc12. The van der Waals surface area contributed by atoms with Crippen molar-refractivity contribution in [2.24, 2.45) is 0 Å². The maximum absolute atomic E-state index is 3.42. The van der Waals surface area contributed by atoms with E-state index in [0.29, 0.717) is 0 Å². The second-order valence-electron chi connectivity index (χ2n) is 6.29. The molecular formula is C26H14Y2-4. The molecule has 0 saturated carbocycles. The molecule has 0 fully saturated rings. The summed E-state index contributed by atoms with van der Waals surface area (Å²) in [5, 5.41) is 4.76. The van der Waals surface area contributed by atoms with Gasteiger partial charge < -0.3 is 0 Å². The van der Waals surface area contributed by atoms with Gasteiger partial charge in [-0.15, -0.1) is 39.7 Å². The van der Waals surface area contributed by atoms with Gasteiger partial charge in [-0.1, -0.05) is 42.5 Å². The van der Waals surface area contributed by atoms with Gasteiger partial charge in [0.1, 0.15) is 0 Å². The van der Waals surface area contributed by atoms with Gasteiger partial charge in [0.05, 0.1) is 0 Å². The molecule has 5 aromatic rings. The molecule has 128 valence electrons. The zero-order valence-corrected chi connectivity index (χ0v) is 20.9. The van der Waals surface area contributed by atoms with Gasteiger partial charge in [0, 0.05) is 65.4 Å². The third-order valence-corrected chi connectivity index (χ3v) is 4.71. The Morgan fingerprint density at radius 2 is 1.14 bits per heavy atom. The standard InChI is InChI=1S/C26H14.2Y/c1-2-10-21-18-22(17-16-19(21)8-1)24-13-5-6-14-25(24)26-15-7-11-20-9-3-4-12-23(20)26;;/h1-12,16,18H;;/q-4;;. The van der Waals surface area contributed by atoms with E-state index in [0.717, 1.165) is 22.3 Å². The van der Waals surface area contributed by atoms with Gasteiger partial charge in [-0.25, -0.2) is 46.5 Å². The molecule has 0 heterocycles. The van der Waals surface area contributed by atoms with E-state index in [1.807, 2.05) is 24.3 Å². The van der Waals surface area contributed by atoms with Gasteiger partial charge in [0.25, 0.3) is 0 Å². The van der Waals surface area contributed by atoms with Crippen molar-refractivity contribution in [1.82, 2.24) is 0 Å². The molecule has 0 nitrogen and oxygen atoms in total. The van der Waals surface area contributed by atoms with E-state index in [9.17, 15) is 0 Å². The molecule has 0 aliphatic rings. The van der Waals surface area contributed by atoms with Gasteiger partial charge in [0.15, 0.2) is 0 Å². The molecule has 0 spiro atoms. The van der Waals surface area contributed by atoms with Crippen molar-refractivity contribution in [3.63, 3.8) is 0 Å². The smallest absolute Gasteiger partial charge is 0 e. The zero-order chi connectivity index (χ0) is 17.3. The van der Waals surface area contributed by atoms with Crippen molar-refractivity contribution < 1.29 is 65.4 Å². The van der Waals surface area contributed by atoms with Gasteiger partial charge in [-0.3, -0.25) is 0 Å². The molecule has 0 amide bonds. The molecular weight excluding hydrogens is 490 g/mol. The van der Waals surface area contributed by atoms with Crippen LogP contribution < -0.4 is 0 Å². The molecule has 0 bridgehead atoms. The Morgan fingerprint density at radius 1 is 0.500 bits per heavy atom. The van der Waals surface area contributed by atoms with Crippen molar-refractivity contribution in [2.45, 2.75) is 0 Å². The summed E-state index contributed by atoms with van der Waals surface area (Å²) in [6, 6.07) is 42.5. The van der Waals surface area contributed by atoms with Crippen LogP contribution >= 0.6 is 0 Å². The normalized spacial score (nSPS) is 10.3. The first-order valence-electron chi connectivity index (χ1n) is 8.63. The molecule has 28 heavy (non-hydrogen) atoms. The van der Waals surface area contributed by atoms with Crippen LogP contribution in [0.25, 0.3) is 43.8 Å². The fraction of sp³-hybridized carbons (Fsp3) is 0. The van der Waals surface area contributed by atoms with E-state index in [-0.39, 0.29) is 65.4 Å². The van der Waals surface area contributed by atoms with Gasteiger partial charge in [-0.05, 0) is 0 Å². The average molecular weight is 504 g/mol. The van der Waals surface area contributed by atoms with Gasteiger partial charge in [0.2, 0.25) is 0 Å². The predicted octanol–water partition coefficient (Wildman–Crippen LogP) is 6.52. The first-order valence-corrected chi connectivity index (χ1v) is 8.63. The average Bonchev–Trinajstić information content (AvgIpc) is 2.73. The van der Waals surface area contributed by atoms with E-state index >= 15 is 0 Å². The second kappa shape index (κ2) is 9.55. The summed E-state index contributed by atoms with van der Waals surface area (Å²) >= 11 is 0. The van der Waals surface area contributed by atoms with Crippen molar-refractivity contribution >= 4 is 21.5 Å². The van der Waals surface area contributed by atoms with Gasteiger partial charge >= 0.3 is 0 Å². The van der Waals surface area contributed by atoms with Crippen molar-refractivity contribution in [1.29, 1.82) is 0 Å². The second-order valence-corrected chi connectivity index (χ2v) is 6.29. The van der Waals surface area contributed by atoms with E-state index in [4.69, 9.17) is 0 Å². The maximum Gasteiger partial charge on any atom is 0 e. The van der Waals surface area contributed by atoms with Crippen LogP contribution in [-0.4, -0.2) is 0 Å². The van der Waals surface area contributed by atoms with Crippen LogP contribution in [0, 0.1) is 24.3 Å². The Labute approximate surface area is 216 Å². The van der Waals surface area contributed by atoms with E-state index < -0.39 is 0 Å². The summed E-state index contributed by atoms with van der Waals surface area (Å²) in [6.07, 6.45) is 0. The van der Waals surface area contributed by atoms with Crippen LogP contribution in [0.1, 0.15) is 0 Å². The molecule has 0 aliphatic heterocycles. The van der Waals surface area contributed by atoms with Crippen LogP contribution in [0.4, 0.5) is 0 Å². The number of rotatable bonds is 2. The van der Waals surface area contributed by atoms with E-state index in [2.05, 4.69) is 84.9 Å². The molecule has 0 saturated heterocycles. The van der Waals surface area contributed by atoms with Crippen molar-refractivity contribution in [2.75, 3.05) is 0 Å². The monoisotopic (exact) mass is 504 g/mol. The third-order valence-electron chi connectivity index (χ3n) is 4.71. The molecule has 5 rings (SSSR count). The first-order chi connectivity index (χ1) is 12.9. The fourth-order valence-corrected chi connectivity index (χ4v) is 3.44. The van der Waals surface area contributed by atoms with Crippen LogP contribution in [-0.2, 0) is 65.4 Å². The minimum atomic E-state index is 0. The summed E-state index contributed by atoms with van der Waals surface area (Å²) in [5.41, 5.74) is 4.09. The molecule has 5 aromatic carbocycles. The summed E-state index contributed by atoms with van der Waals surface area (Å²) in [4.78, 5) is 0. The topological polar surface area (TPSA) is 0 Å². The number of benzene rings is 5. The Kier molecular flexibility index (Phi) is 7.35. The predicted molar refractivity (Wildman–Crippen MR) is 108 cm³/mol. The maximum atomic E-state index is 3.42. The van der Waals surface area contributed by atoms with E-state index in [1.165, 1.54) is 21.5 Å². The molecule has 0 aromatic heterocycles. The minimum absolute atomic E-state index is 0. The zero-order valence-electron chi connectivity index (χ0n) is 15.2. The number of fused-ring (bicyclic) bond motifs is 2. The van der Waals surface area contributed by atoms with Gasteiger partial charge in [-0.2, -0.15) is 24.3 Å². The van der Waals surface area contributed by atoms with Crippen LogP contribution in [0.15, 0.2) is 84.9 Å².